The van der Waals surface area contributed by atoms with Crippen LogP contribution in [0.5, 0.6) is 11.5 Å². The Morgan fingerprint density at radius 1 is 1.22 bits per heavy atom. The molecule has 9 heteroatoms. The summed E-state index contributed by atoms with van der Waals surface area (Å²) in [5, 5.41) is 9.26. The normalized spacial score (nSPS) is 22.3. The number of rotatable bonds is 5. The van der Waals surface area contributed by atoms with Crippen LogP contribution < -0.4 is 9.47 Å². The van der Waals surface area contributed by atoms with Crippen molar-refractivity contribution in [3.05, 3.63) is 18.2 Å². The quantitative estimate of drug-likeness (QED) is 0.798. The third kappa shape index (κ3) is 4.18. The highest BCUT2D eigenvalue weighted by Gasteiger charge is 2.35. The number of fused-ring (bicyclic) bond motifs is 1. The lowest BCUT2D eigenvalue weighted by Gasteiger charge is -2.37. The molecular formula is C18H23NO7S. The number of carbonyl (C=O) groups excluding carboxylic acids is 1. The van der Waals surface area contributed by atoms with E-state index < -0.39 is 27.8 Å². The number of likely N-dealkylation sites (tertiary alicyclic amines) is 1. The average molecular weight is 397 g/mol. The smallest absolute Gasteiger partial charge is 0.308 e. The van der Waals surface area contributed by atoms with Crippen molar-refractivity contribution in [2.75, 3.05) is 25.5 Å². The molecule has 1 fully saturated rings. The maximum absolute atomic E-state index is 12.6. The number of hydrogen-bond donors (Lipinski definition) is 1. The number of aliphatic carboxylic acids is 1. The van der Waals surface area contributed by atoms with Crippen molar-refractivity contribution in [1.82, 2.24) is 4.90 Å². The highest BCUT2D eigenvalue weighted by atomic mass is 32.2. The monoisotopic (exact) mass is 397 g/mol. The first-order valence-corrected chi connectivity index (χ1v) is 10.6. The Balaban J connectivity index is 1.66. The fourth-order valence-electron chi connectivity index (χ4n) is 3.53. The average Bonchev–Trinajstić information content (AvgIpc) is 2.65. The van der Waals surface area contributed by atoms with Gasteiger partial charge >= 0.3 is 5.97 Å². The molecule has 0 saturated carbocycles. The molecule has 0 bridgehead atoms. The van der Waals surface area contributed by atoms with Crippen LogP contribution in [0.2, 0.25) is 0 Å². The van der Waals surface area contributed by atoms with Crippen LogP contribution >= 0.6 is 0 Å². The van der Waals surface area contributed by atoms with Crippen molar-refractivity contribution in [1.29, 1.82) is 0 Å². The van der Waals surface area contributed by atoms with Gasteiger partial charge in [-0.3, -0.25) is 9.59 Å². The first-order valence-electron chi connectivity index (χ1n) is 8.94. The van der Waals surface area contributed by atoms with E-state index in [2.05, 4.69) is 0 Å². The Morgan fingerprint density at radius 3 is 2.63 bits per heavy atom. The van der Waals surface area contributed by atoms with E-state index in [9.17, 15) is 23.1 Å². The molecule has 2 aliphatic heterocycles. The van der Waals surface area contributed by atoms with Crippen molar-refractivity contribution < 1.29 is 32.6 Å². The Morgan fingerprint density at radius 2 is 1.93 bits per heavy atom. The van der Waals surface area contributed by atoms with E-state index in [0.29, 0.717) is 44.1 Å². The van der Waals surface area contributed by atoms with Crippen molar-refractivity contribution in [3.63, 3.8) is 0 Å². The molecule has 2 heterocycles. The van der Waals surface area contributed by atoms with E-state index in [1.54, 1.807) is 13.0 Å². The number of ether oxygens (including phenoxy) is 2. The van der Waals surface area contributed by atoms with E-state index in [4.69, 9.17) is 9.47 Å². The molecule has 27 heavy (non-hydrogen) atoms. The summed E-state index contributed by atoms with van der Waals surface area (Å²) in [6.07, 6.45) is 0.936. The van der Waals surface area contributed by atoms with Gasteiger partial charge in [0.2, 0.25) is 5.91 Å². The summed E-state index contributed by atoms with van der Waals surface area (Å²) in [7, 11) is -3.67. The number of carboxylic acids is 1. The maximum Gasteiger partial charge on any atom is 0.308 e. The highest BCUT2D eigenvalue weighted by Crippen LogP contribution is 2.32. The molecule has 1 N–H and O–H groups in total. The van der Waals surface area contributed by atoms with Gasteiger partial charge in [0, 0.05) is 25.1 Å². The predicted octanol–water partition coefficient (Wildman–Crippen LogP) is 1.33. The topological polar surface area (TPSA) is 110 Å². The number of amides is 1. The summed E-state index contributed by atoms with van der Waals surface area (Å²) < 4.78 is 36.0. The molecule has 0 aromatic heterocycles. The lowest BCUT2D eigenvalue weighted by atomic mass is 9.90. The van der Waals surface area contributed by atoms with Crippen LogP contribution in [0.1, 0.15) is 26.2 Å². The van der Waals surface area contributed by atoms with Crippen molar-refractivity contribution in [3.8, 4) is 11.5 Å². The first kappa shape index (κ1) is 19.5. The third-order valence-corrected chi connectivity index (χ3v) is 6.80. The largest absolute Gasteiger partial charge is 0.486 e. The second-order valence-corrected chi connectivity index (χ2v) is 8.90. The summed E-state index contributed by atoms with van der Waals surface area (Å²) in [5.74, 6) is -1.34. The Bertz CT molecular complexity index is 836. The highest BCUT2D eigenvalue weighted by molar-refractivity contribution is 7.91. The third-order valence-electron chi connectivity index (χ3n) is 5.08. The SMILES string of the molecule is C[C@@H]1[C@H](C(=O)O)CCCN1C(=O)CCS(=O)(=O)c1ccc2c(c1)OCCO2. The number of piperidine rings is 1. The summed E-state index contributed by atoms with van der Waals surface area (Å²) in [4.78, 5) is 25.4. The van der Waals surface area contributed by atoms with E-state index in [1.807, 2.05) is 0 Å². The van der Waals surface area contributed by atoms with Gasteiger partial charge in [0.1, 0.15) is 13.2 Å². The van der Waals surface area contributed by atoms with Crippen LogP contribution in [0.4, 0.5) is 0 Å². The van der Waals surface area contributed by atoms with Gasteiger partial charge in [-0.15, -0.1) is 0 Å². The van der Waals surface area contributed by atoms with Gasteiger partial charge in [-0.05, 0) is 31.9 Å². The number of carbonyl (C=O) groups is 2. The minimum atomic E-state index is -3.67. The van der Waals surface area contributed by atoms with E-state index in [1.165, 1.54) is 17.0 Å². The first-order chi connectivity index (χ1) is 12.8. The number of sulfone groups is 1. The van der Waals surface area contributed by atoms with Gasteiger partial charge in [0.15, 0.2) is 21.3 Å². The van der Waals surface area contributed by atoms with Gasteiger partial charge in [-0.2, -0.15) is 0 Å². The van der Waals surface area contributed by atoms with Crippen LogP contribution in [0.15, 0.2) is 23.1 Å². The lowest BCUT2D eigenvalue weighted by Crippen LogP contribution is -2.49. The number of hydrogen-bond acceptors (Lipinski definition) is 6. The molecule has 1 aromatic rings. The molecular weight excluding hydrogens is 374 g/mol. The molecule has 1 aromatic carbocycles. The standard InChI is InChI=1S/C18H23NO7S/c1-12-14(18(21)22)3-2-7-19(12)17(20)6-10-27(23,24)13-4-5-15-16(11-13)26-9-8-25-15/h4-5,11-12,14H,2-3,6-10H2,1H3,(H,21,22)/t12-,14-/m1/s1. The molecule has 1 amide bonds. The number of nitrogens with zero attached hydrogens (tertiary/aromatic N) is 1. The van der Waals surface area contributed by atoms with Crippen molar-refractivity contribution >= 4 is 21.7 Å². The zero-order valence-corrected chi connectivity index (χ0v) is 15.9. The molecule has 0 unspecified atom stereocenters. The molecule has 148 valence electrons. The molecule has 0 spiro atoms. The van der Waals surface area contributed by atoms with Gasteiger partial charge in [0.05, 0.1) is 16.6 Å². The Labute approximate surface area is 158 Å². The van der Waals surface area contributed by atoms with Gasteiger partial charge in [-0.1, -0.05) is 0 Å². The zero-order valence-electron chi connectivity index (χ0n) is 15.1. The fourth-order valence-corrected chi connectivity index (χ4v) is 4.77. The zero-order chi connectivity index (χ0) is 19.6. The Kier molecular flexibility index (Phi) is 5.59. The second kappa shape index (κ2) is 7.75. The molecule has 1 saturated heterocycles. The molecule has 2 atom stereocenters. The minimum absolute atomic E-state index is 0.0784. The minimum Gasteiger partial charge on any atom is -0.486 e. The van der Waals surface area contributed by atoms with Gasteiger partial charge in [-0.25, -0.2) is 8.42 Å². The van der Waals surface area contributed by atoms with Crippen LogP contribution in [-0.4, -0.2) is 61.9 Å². The molecule has 0 aliphatic carbocycles. The van der Waals surface area contributed by atoms with E-state index >= 15 is 0 Å². The van der Waals surface area contributed by atoms with Crippen molar-refractivity contribution in [2.45, 2.75) is 37.1 Å². The van der Waals surface area contributed by atoms with Gasteiger partial charge in [0.25, 0.3) is 0 Å². The lowest BCUT2D eigenvalue weighted by molar-refractivity contribution is -0.149. The van der Waals surface area contributed by atoms with Crippen molar-refractivity contribution in [2.24, 2.45) is 5.92 Å². The summed E-state index contributed by atoms with van der Waals surface area (Å²) in [5.41, 5.74) is 0. The molecule has 3 rings (SSSR count). The Hall–Kier alpha value is -2.29. The number of benzene rings is 1. The van der Waals surface area contributed by atoms with Crippen LogP contribution in [0, 0.1) is 5.92 Å². The number of carboxylic acid groups (broad SMARTS) is 1. The molecule has 0 radical (unpaired) electrons. The summed E-state index contributed by atoms with van der Waals surface area (Å²) in [6.45, 7) is 2.92. The fraction of sp³-hybridized carbons (Fsp3) is 0.556. The van der Waals surface area contributed by atoms with Crippen LogP contribution in [0.25, 0.3) is 0 Å². The van der Waals surface area contributed by atoms with E-state index in [0.717, 1.165) is 0 Å². The van der Waals surface area contributed by atoms with Crippen LogP contribution in [0.3, 0.4) is 0 Å². The maximum atomic E-state index is 12.6. The summed E-state index contributed by atoms with van der Waals surface area (Å²) >= 11 is 0. The van der Waals surface area contributed by atoms with Crippen LogP contribution in [-0.2, 0) is 19.4 Å². The van der Waals surface area contributed by atoms with E-state index in [-0.39, 0.29) is 23.0 Å². The van der Waals surface area contributed by atoms with Gasteiger partial charge < -0.3 is 19.5 Å². The predicted molar refractivity (Wildman–Crippen MR) is 95.6 cm³/mol. The second-order valence-electron chi connectivity index (χ2n) is 6.79. The molecule has 2 aliphatic rings. The summed E-state index contributed by atoms with van der Waals surface area (Å²) in [6, 6.07) is 3.96. The molecule has 8 nitrogen and oxygen atoms in total.